The predicted octanol–water partition coefficient (Wildman–Crippen LogP) is 2.38. The highest BCUT2D eigenvalue weighted by Crippen LogP contribution is 2.61. The Balaban J connectivity index is 1.73. The Morgan fingerprint density at radius 3 is 2.95 bits per heavy atom. The van der Waals surface area contributed by atoms with Crippen molar-refractivity contribution in [2.75, 3.05) is 0 Å². The van der Waals surface area contributed by atoms with Gasteiger partial charge < -0.3 is 5.11 Å². The third-order valence-corrected chi connectivity index (χ3v) is 4.89. The number of aliphatic carboxylic acids is 1. The number of carboxylic acid groups (broad SMARTS) is 1. The molecular weight excluding hydrogens is 252 g/mol. The lowest BCUT2D eigenvalue weighted by Gasteiger charge is -2.10. The van der Waals surface area contributed by atoms with Crippen LogP contribution in [0.4, 0.5) is 0 Å². The summed E-state index contributed by atoms with van der Waals surface area (Å²) >= 11 is 0. The smallest absolute Gasteiger partial charge is 0.307 e. The van der Waals surface area contributed by atoms with Crippen LogP contribution in [0.2, 0.25) is 0 Å². The van der Waals surface area contributed by atoms with Gasteiger partial charge in [0, 0.05) is 24.2 Å². The fourth-order valence-electron chi connectivity index (χ4n) is 3.73. The Morgan fingerprint density at radius 1 is 1.45 bits per heavy atom. The molecule has 0 saturated heterocycles. The van der Waals surface area contributed by atoms with E-state index in [0.29, 0.717) is 0 Å². The molecule has 20 heavy (non-hydrogen) atoms. The Labute approximate surface area is 117 Å². The molecule has 2 unspecified atom stereocenters. The van der Waals surface area contributed by atoms with Crippen LogP contribution in [0.15, 0.2) is 30.6 Å². The van der Waals surface area contributed by atoms with Crippen molar-refractivity contribution < 1.29 is 9.90 Å². The van der Waals surface area contributed by atoms with E-state index >= 15 is 0 Å². The summed E-state index contributed by atoms with van der Waals surface area (Å²) in [6.07, 6.45) is 6.65. The van der Waals surface area contributed by atoms with Crippen LogP contribution in [-0.4, -0.2) is 20.9 Å². The van der Waals surface area contributed by atoms with Crippen LogP contribution in [0.1, 0.15) is 24.0 Å². The summed E-state index contributed by atoms with van der Waals surface area (Å²) in [5.41, 5.74) is 4.80. The highest BCUT2D eigenvalue weighted by molar-refractivity contribution is 5.78. The van der Waals surface area contributed by atoms with E-state index in [1.807, 2.05) is 19.4 Å². The van der Waals surface area contributed by atoms with Crippen molar-refractivity contribution in [3.63, 3.8) is 0 Å². The molecule has 4 nitrogen and oxygen atoms in total. The van der Waals surface area contributed by atoms with E-state index in [2.05, 4.69) is 23.3 Å². The SMILES string of the molecule is Cn1cc(-c2ccc3c(c2)CCC32CC2C(=O)O)cn1. The van der Waals surface area contributed by atoms with Gasteiger partial charge in [-0.1, -0.05) is 18.2 Å². The van der Waals surface area contributed by atoms with Gasteiger partial charge in [0.15, 0.2) is 0 Å². The molecule has 1 fully saturated rings. The molecule has 0 amide bonds. The monoisotopic (exact) mass is 268 g/mol. The maximum atomic E-state index is 11.2. The van der Waals surface area contributed by atoms with Gasteiger partial charge in [-0.25, -0.2) is 0 Å². The van der Waals surface area contributed by atoms with E-state index in [1.165, 1.54) is 16.7 Å². The zero-order valence-corrected chi connectivity index (χ0v) is 11.3. The maximum Gasteiger partial charge on any atom is 0.307 e. The molecule has 1 N–H and O–H groups in total. The quantitative estimate of drug-likeness (QED) is 0.909. The van der Waals surface area contributed by atoms with E-state index in [1.54, 1.807) is 4.68 Å². The molecular formula is C16H16N2O2. The van der Waals surface area contributed by atoms with Crippen LogP contribution in [-0.2, 0) is 23.7 Å². The maximum absolute atomic E-state index is 11.2. The highest BCUT2D eigenvalue weighted by Gasteiger charge is 2.61. The lowest BCUT2D eigenvalue weighted by atomic mass is 9.94. The summed E-state index contributed by atoms with van der Waals surface area (Å²) in [5, 5.41) is 13.4. The summed E-state index contributed by atoms with van der Waals surface area (Å²) in [4.78, 5) is 11.2. The van der Waals surface area contributed by atoms with Gasteiger partial charge in [-0.3, -0.25) is 9.48 Å². The molecule has 0 radical (unpaired) electrons. The van der Waals surface area contributed by atoms with Crippen molar-refractivity contribution in [1.29, 1.82) is 0 Å². The Hall–Kier alpha value is -2.10. The molecule has 0 aliphatic heterocycles. The number of rotatable bonds is 2. The number of aromatic nitrogens is 2. The van der Waals surface area contributed by atoms with Crippen LogP contribution in [0.3, 0.4) is 0 Å². The summed E-state index contributed by atoms with van der Waals surface area (Å²) in [6, 6.07) is 6.44. The molecule has 4 heteroatoms. The number of nitrogens with zero attached hydrogens (tertiary/aromatic N) is 2. The molecule has 1 aromatic carbocycles. The van der Waals surface area contributed by atoms with Gasteiger partial charge >= 0.3 is 5.97 Å². The van der Waals surface area contributed by atoms with E-state index in [9.17, 15) is 9.90 Å². The van der Waals surface area contributed by atoms with E-state index < -0.39 is 5.97 Å². The first kappa shape index (κ1) is 11.7. The average Bonchev–Trinajstić information content (AvgIpc) is 2.83. The lowest BCUT2D eigenvalue weighted by molar-refractivity contribution is -0.139. The number of hydrogen-bond donors (Lipinski definition) is 1. The zero-order chi connectivity index (χ0) is 13.9. The first-order chi connectivity index (χ1) is 9.60. The Kier molecular flexibility index (Phi) is 2.18. The van der Waals surface area contributed by atoms with E-state index in [4.69, 9.17) is 0 Å². The summed E-state index contributed by atoms with van der Waals surface area (Å²) in [6.45, 7) is 0. The minimum atomic E-state index is -0.644. The van der Waals surface area contributed by atoms with Gasteiger partial charge in [0.05, 0.1) is 12.1 Å². The first-order valence-electron chi connectivity index (χ1n) is 6.95. The zero-order valence-electron chi connectivity index (χ0n) is 11.3. The second kappa shape index (κ2) is 3.72. The third-order valence-electron chi connectivity index (χ3n) is 4.89. The molecule has 1 saturated carbocycles. The fourth-order valence-corrected chi connectivity index (χ4v) is 3.73. The van der Waals surface area contributed by atoms with Crippen LogP contribution >= 0.6 is 0 Å². The lowest BCUT2D eigenvalue weighted by Crippen LogP contribution is -2.11. The van der Waals surface area contributed by atoms with Crippen LogP contribution < -0.4 is 0 Å². The number of benzene rings is 1. The van der Waals surface area contributed by atoms with Crippen LogP contribution in [0.25, 0.3) is 11.1 Å². The molecule has 2 aromatic rings. The first-order valence-corrected chi connectivity index (χ1v) is 6.95. The minimum Gasteiger partial charge on any atom is -0.481 e. The van der Waals surface area contributed by atoms with Crippen molar-refractivity contribution in [3.8, 4) is 11.1 Å². The van der Waals surface area contributed by atoms with E-state index in [-0.39, 0.29) is 11.3 Å². The Bertz CT molecular complexity index is 719. The second-order valence-electron chi connectivity index (χ2n) is 6.03. The predicted molar refractivity (Wildman–Crippen MR) is 74.4 cm³/mol. The number of fused-ring (bicyclic) bond motifs is 2. The van der Waals surface area contributed by atoms with Gasteiger partial charge in [-0.05, 0) is 36.0 Å². The molecule has 1 spiro atoms. The second-order valence-corrected chi connectivity index (χ2v) is 6.03. The standard InChI is InChI=1S/C16H16N2O2/c1-18-9-12(8-17-18)10-2-3-13-11(6-10)4-5-16(13)7-14(16)15(19)20/h2-3,6,8-9,14H,4-5,7H2,1H3,(H,19,20). The van der Waals surface area contributed by atoms with Crippen molar-refractivity contribution in [2.45, 2.75) is 24.7 Å². The molecule has 1 heterocycles. The van der Waals surface area contributed by atoms with E-state index in [0.717, 1.165) is 24.8 Å². The largest absolute Gasteiger partial charge is 0.481 e. The summed E-state index contributed by atoms with van der Waals surface area (Å²) in [7, 11) is 1.91. The highest BCUT2D eigenvalue weighted by atomic mass is 16.4. The molecule has 2 aliphatic carbocycles. The fraction of sp³-hybridized carbons (Fsp3) is 0.375. The van der Waals surface area contributed by atoms with Gasteiger partial charge in [0.25, 0.3) is 0 Å². The number of aryl methyl sites for hydroxylation is 2. The summed E-state index contributed by atoms with van der Waals surface area (Å²) < 4.78 is 1.80. The van der Waals surface area contributed by atoms with Crippen molar-refractivity contribution in [1.82, 2.24) is 9.78 Å². The van der Waals surface area contributed by atoms with Crippen molar-refractivity contribution in [3.05, 3.63) is 41.7 Å². The number of carboxylic acids is 1. The number of hydrogen-bond acceptors (Lipinski definition) is 2. The molecule has 1 aromatic heterocycles. The normalized spacial score (nSPS) is 26.8. The van der Waals surface area contributed by atoms with Crippen molar-refractivity contribution in [2.24, 2.45) is 13.0 Å². The van der Waals surface area contributed by atoms with Gasteiger partial charge in [-0.15, -0.1) is 0 Å². The topological polar surface area (TPSA) is 55.1 Å². The average molecular weight is 268 g/mol. The van der Waals surface area contributed by atoms with Crippen LogP contribution in [0, 0.1) is 5.92 Å². The molecule has 102 valence electrons. The molecule has 2 aliphatic rings. The Morgan fingerprint density at radius 2 is 2.30 bits per heavy atom. The molecule has 2 atom stereocenters. The minimum absolute atomic E-state index is 0.0609. The summed E-state index contributed by atoms with van der Waals surface area (Å²) in [5.74, 6) is -0.817. The van der Waals surface area contributed by atoms with Crippen LogP contribution in [0.5, 0.6) is 0 Å². The van der Waals surface area contributed by atoms with Gasteiger partial charge in [0.1, 0.15) is 0 Å². The van der Waals surface area contributed by atoms with Crippen molar-refractivity contribution >= 4 is 5.97 Å². The number of carbonyl (C=O) groups is 1. The molecule has 4 rings (SSSR count). The molecule has 0 bridgehead atoms. The van der Waals surface area contributed by atoms with Gasteiger partial charge in [-0.2, -0.15) is 5.10 Å². The third kappa shape index (κ3) is 1.48. The van der Waals surface area contributed by atoms with Gasteiger partial charge in [0.2, 0.25) is 0 Å².